The Balaban J connectivity index is 2.43. The molecule has 0 radical (unpaired) electrons. The zero-order valence-electron chi connectivity index (χ0n) is 13.1. The summed E-state index contributed by atoms with van der Waals surface area (Å²) in [6, 6.07) is 12.0. The number of benzene rings is 2. The Bertz CT molecular complexity index is 799. The first-order valence-electron chi connectivity index (χ1n) is 7.27. The van der Waals surface area contributed by atoms with Crippen LogP contribution in [0.25, 0.3) is 16.7 Å². The van der Waals surface area contributed by atoms with Crippen molar-refractivity contribution in [3.63, 3.8) is 0 Å². The molecule has 0 saturated heterocycles. The first-order valence-corrected chi connectivity index (χ1v) is 7.27. The fraction of sp³-hybridized carbons (Fsp3) is 0.100. The predicted molar refractivity (Wildman–Crippen MR) is 90.0 cm³/mol. The average Bonchev–Trinajstić information content (AvgIpc) is 2.59. The van der Waals surface area contributed by atoms with Gasteiger partial charge in [-0.1, -0.05) is 54.6 Å². The molecule has 0 atom stereocenters. The summed E-state index contributed by atoms with van der Waals surface area (Å²) in [6.07, 6.45) is 1.92. The number of halogens is 4. The van der Waals surface area contributed by atoms with Gasteiger partial charge >= 0.3 is 0 Å². The van der Waals surface area contributed by atoms with Crippen LogP contribution in [0.5, 0.6) is 0 Å². The number of hydrogen-bond donors (Lipinski definition) is 0. The summed E-state index contributed by atoms with van der Waals surface area (Å²) >= 11 is 0. The first-order chi connectivity index (χ1) is 11.5. The summed E-state index contributed by atoms with van der Waals surface area (Å²) in [6.45, 7) is 3.86. The second-order valence-corrected chi connectivity index (χ2v) is 5.25. The van der Waals surface area contributed by atoms with Crippen LogP contribution in [-0.2, 0) is 0 Å². The van der Waals surface area contributed by atoms with E-state index in [0.717, 1.165) is 17.2 Å². The third-order valence-corrected chi connectivity index (χ3v) is 3.54. The largest absolute Gasteiger partial charge is 0.243 e. The van der Waals surface area contributed by atoms with Gasteiger partial charge in [0.05, 0.1) is 0 Å². The van der Waals surface area contributed by atoms with Crippen molar-refractivity contribution >= 4 is 5.57 Å². The summed E-state index contributed by atoms with van der Waals surface area (Å²) in [7, 11) is 0. The third kappa shape index (κ3) is 4.02. The summed E-state index contributed by atoms with van der Waals surface area (Å²) in [4.78, 5) is 0. The van der Waals surface area contributed by atoms with Crippen molar-refractivity contribution in [3.05, 3.63) is 89.8 Å². The average molecular weight is 332 g/mol. The molecule has 0 heterocycles. The van der Waals surface area contributed by atoms with Crippen LogP contribution in [0.1, 0.15) is 11.1 Å². The Morgan fingerprint density at radius 1 is 1.04 bits per heavy atom. The van der Waals surface area contributed by atoms with Crippen LogP contribution in [-0.4, -0.2) is 6.67 Å². The highest BCUT2D eigenvalue weighted by Gasteiger charge is 2.10. The highest BCUT2D eigenvalue weighted by atomic mass is 19.2. The van der Waals surface area contributed by atoms with E-state index >= 15 is 0 Å². The smallest absolute Gasteiger partial charge is 0.166 e. The minimum atomic E-state index is -1.55. The van der Waals surface area contributed by atoms with Gasteiger partial charge in [0, 0.05) is 5.56 Å². The van der Waals surface area contributed by atoms with Gasteiger partial charge in [0.25, 0.3) is 0 Å². The van der Waals surface area contributed by atoms with Gasteiger partial charge in [-0.25, -0.2) is 17.6 Å². The Kier molecular flexibility index (Phi) is 5.74. The molecule has 2 rings (SSSR count). The molecule has 2 aromatic rings. The molecule has 0 fully saturated rings. The highest BCUT2D eigenvalue weighted by molar-refractivity contribution is 5.77. The second-order valence-electron chi connectivity index (χ2n) is 5.25. The maximum Gasteiger partial charge on any atom is 0.166 e. The molecular weight excluding hydrogens is 316 g/mol. The molecular formula is C20H16F4. The van der Waals surface area contributed by atoms with Gasteiger partial charge < -0.3 is 0 Å². The number of allylic oxidation sites excluding steroid dienone is 5. The lowest BCUT2D eigenvalue weighted by Crippen LogP contribution is -1.91. The van der Waals surface area contributed by atoms with Gasteiger partial charge in [0.15, 0.2) is 11.7 Å². The molecule has 2 aromatic carbocycles. The van der Waals surface area contributed by atoms with E-state index in [0.29, 0.717) is 5.56 Å². The fourth-order valence-corrected chi connectivity index (χ4v) is 2.20. The second kappa shape index (κ2) is 7.77. The molecule has 0 aliphatic rings. The molecule has 0 bridgehead atoms. The Morgan fingerprint density at radius 3 is 2.21 bits per heavy atom. The molecule has 0 aliphatic heterocycles. The Morgan fingerprint density at radius 2 is 1.67 bits per heavy atom. The lowest BCUT2D eigenvalue weighted by Gasteiger charge is -2.08. The molecule has 0 unspecified atom stereocenters. The van der Waals surface area contributed by atoms with Crippen molar-refractivity contribution in [3.8, 4) is 11.1 Å². The monoisotopic (exact) mass is 332 g/mol. The van der Waals surface area contributed by atoms with Crippen LogP contribution in [0.2, 0.25) is 0 Å². The van der Waals surface area contributed by atoms with Crippen LogP contribution in [0.15, 0.2) is 72.8 Å². The highest BCUT2D eigenvalue weighted by Crippen LogP contribution is 2.27. The maximum absolute atomic E-state index is 14.4. The zero-order chi connectivity index (χ0) is 17.7. The van der Waals surface area contributed by atoms with Crippen LogP contribution >= 0.6 is 0 Å². The van der Waals surface area contributed by atoms with Crippen molar-refractivity contribution < 1.29 is 17.6 Å². The lowest BCUT2D eigenvalue weighted by atomic mass is 9.98. The zero-order valence-corrected chi connectivity index (χ0v) is 13.1. The minimum Gasteiger partial charge on any atom is -0.243 e. The molecule has 0 aromatic heterocycles. The van der Waals surface area contributed by atoms with E-state index in [4.69, 9.17) is 0 Å². The molecule has 0 N–H and O–H groups in total. The minimum absolute atomic E-state index is 0.0315. The quantitative estimate of drug-likeness (QED) is 0.433. The number of aryl methyl sites for hydroxylation is 1. The standard InChI is InChI=1S/C20H16F4/c1-3-14(10-19(23)20(24)12-21)17-9-8-16(11-18(17)22)15-6-4-13(2)5-7-15/h3-11H,1,12H2,2H3/b14-10+,20-19-. The topological polar surface area (TPSA) is 0 Å². The van der Waals surface area contributed by atoms with Crippen LogP contribution in [0.4, 0.5) is 17.6 Å². The number of alkyl halides is 1. The molecule has 24 heavy (non-hydrogen) atoms. The number of rotatable bonds is 5. The summed E-state index contributed by atoms with van der Waals surface area (Å²) in [5.74, 6) is -3.52. The SMILES string of the molecule is C=C/C(=C\C(F)=C(\F)CF)c1ccc(-c2ccc(C)cc2)cc1F. The van der Waals surface area contributed by atoms with Gasteiger partial charge in [-0.05, 0) is 35.8 Å². The summed E-state index contributed by atoms with van der Waals surface area (Å²) < 4.78 is 52.9. The van der Waals surface area contributed by atoms with Crippen LogP contribution in [0.3, 0.4) is 0 Å². The van der Waals surface area contributed by atoms with Crippen molar-refractivity contribution in [1.82, 2.24) is 0 Å². The molecule has 0 saturated carbocycles. The van der Waals surface area contributed by atoms with Gasteiger partial charge in [-0.15, -0.1) is 0 Å². The fourth-order valence-electron chi connectivity index (χ4n) is 2.20. The molecule has 0 nitrogen and oxygen atoms in total. The van der Waals surface area contributed by atoms with Gasteiger partial charge in [-0.3, -0.25) is 0 Å². The van der Waals surface area contributed by atoms with Crippen molar-refractivity contribution in [2.75, 3.05) is 6.67 Å². The summed E-state index contributed by atoms with van der Waals surface area (Å²) in [5.41, 5.74) is 2.67. The van der Waals surface area contributed by atoms with E-state index in [-0.39, 0.29) is 11.1 Å². The van der Waals surface area contributed by atoms with E-state index in [1.165, 1.54) is 18.2 Å². The van der Waals surface area contributed by atoms with E-state index in [9.17, 15) is 17.6 Å². The summed E-state index contributed by atoms with van der Waals surface area (Å²) in [5, 5.41) is 0. The lowest BCUT2D eigenvalue weighted by molar-refractivity contribution is 0.434. The molecule has 0 spiro atoms. The van der Waals surface area contributed by atoms with E-state index in [1.54, 1.807) is 6.07 Å². The third-order valence-electron chi connectivity index (χ3n) is 3.54. The van der Waals surface area contributed by atoms with Crippen molar-refractivity contribution in [2.24, 2.45) is 0 Å². The van der Waals surface area contributed by atoms with Gasteiger partial charge in [0.1, 0.15) is 12.5 Å². The predicted octanol–water partition coefficient (Wildman–Crippen LogP) is 6.49. The first kappa shape index (κ1) is 17.7. The van der Waals surface area contributed by atoms with Crippen molar-refractivity contribution in [1.29, 1.82) is 0 Å². The van der Waals surface area contributed by atoms with Crippen LogP contribution < -0.4 is 0 Å². The van der Waals surface area contributed by atoms with E-state index in [1.807, 2.05) is 31.2 Å². The Hall–Kier alpha value is -2.62. The molecule has 0 aliphatic carbocycles. The molecule has 124 valence electrons. The number of hydrogen-bond acceptors (Lipinski definition) is 0. The Labute approximate surface area is 138 Å². The maximum atomic E-state index is 14.4. The molecule has 4 heteroatoms. The van der Waals surface area contributed by atoms with Gasteiger partial charge in [-0.2, -0.15) is 0 Å². The van der Waals surface area contributed by atoms with E-state index in [2.05, 4.69) is 6.58 Å². The molecule has 0 amide bonds. The normalized spacial score (nSPS) is 12.8. The van der Waals surface area contributed by atoms with Crippen LogP contribution in [0, 0.1) is 12.7 Å². The van der Waals surface area contributed by atoms with Gasteiger partial charge in [0.2, 0.25) is 0 Å². The van der Waals surface area contributed by atoms with Crippen molar-refractivity contribution in [2.45, 2.75) is 6.92 Å². The van der Waals surface area contributed by atoms with E-state index < -0.39 is 24.1 Å².